The van der Waals surface area contributed by atoms with Gasteiger partial charge in [0.25, 0.3) is 0 Å². The van der Waals surface area contributed by atoms with Gasteiger partial charge in [0.2, 0.25) is 5.91 Å². The van der Waals surface area contributed by atoms with E-state index >= 15 is 0 Å². The highest BCUT2D eigenvalue weighted by Crippen LogP contribution is 2.38. The second-order valence-corrected chi connectivity index (χ2v) is 4.44. The number of carboxylic acid groups (broad SMARTS) is 1. The number of carbonyl (C=O) groups is 2. The Kier molecular flexibility index (Phi) is 3.23. The molecule has 0 aliphatic carbocycles. The van der Waals surface area contributed by atoms with Crippen LogP contribution in [0.3, 0.4) is 0 Å². The Morgan fingerprint density at radius 1 is 1.44 bits per heavy atom. The fourth-order valence-corrected chi connectivity index (χ4v) is 2.07. The topological polar surface area (TPSA) is 75.6 Å². The average molecular weight is 249 g/mol. The molecule has 0 aromatic heterocycles. The summed E-state index contributed by atoms with van der Waals surface area (Å²) in [6.07, 6.45) is -0.145. The van der Waals surface area contributed by atoms with Gasteiger partial charge >= 0.3 is 5.97 Å². The van der Waals surface area contributed by atoms with E-state index in [1.54, 1.807) is 12.1 Å². The lowest BCUT2D eigenvalue weighted by Gasteiger charge is -2.15. The fraction of sp³-hybridized carbons (Fsp3) is 0.385. The Morgan fingerprint density at radius 3 is 2.78 bits per heavy atom. The quantitative estimate of drug-likeness (QED) is 0.848. The number of hydrogen-bond acceptors (Lipinski definition) is 3. The SMILES string of the molecule is CC(=O)NC[C@@H]1Oc2ccc(C(=O)O)cc2[C@@H]1C. The predicted octanol–water partition coefficient (Wildman–Crippen LogP) is 1.39. The van der Waals surface area contributed by atoms with Gasteiger partial charge in [-0.3, -0.25) is 4.79 Å². The van der Waals surface area contributed by atoms with Gasteiger partial charge in [0.05, 0.1) is 12.1 Å². The second kappa shape index (κ2) is 4.68. The van der Waals surface area contributed by atoms with Gasteiger partial charge in [-0.25, -0.2) is 4.79 Å². The molecule has 1 heterocycles. The van der Waals surface area contributed by atoms with E-state index in [0.717, 1.165) is 5.56 Å². The molecule has 96 valence electrons. The molecule has 1 aliphatic rings. The Hall–Kier alpha value is -2.04. The maximum absolute atomic E-state index is 10.9. The highest BCUT2D eigenvalue weighted by Gasteiger charge is 2.31. The van der Waals surface area contributed by atoms with E-state index in [0.29, 0.717) is 12.3 Å². The number of ether oxygens (including phenoxy) is 1. The molecule has 0 spiro atoms. The summed E-state index contributed by atoms with van der Waals surface area (Å²) < 4.78 is 5.70. The normalized spacial score (nSPS) is 21.0. The van der Waals surface area contributed by atoms with E-state index in [2.05, 4.69) is 5.32 Å². The average Bonchev–Trinajstić information content (AvgIpc) is 2.63. The number of benzene rings is 1. The number of fused-ring (bicyclic) bond motifs is 1. The van der Waals surface area contributed by atoms with E-state index in [9.17, 15) is 9.59 Å². The molecule has 1 aromatic carbocycles. The minimum Gasteiger partial charge on any atom is -0.488 e. The van der Waals surface area contributed by atoms with Gasteiger partial charge < -0.3 is 15.2 Å². The van der Waals surface area contributed by atoms with E-state index in [1.807, 2.05) is 6.92 Å². The van der Waals surface area contributed by atoms with Gasteiger partial charge in [0.15, 0.2) is 0 Å². The number of nitrogens with one attached hydrogen (secondary N) is 1. The van der Waals surface area contributed by atoms with Crippen molar-refractivity contribution in [3.05, 3.63) is 29.3 Å². The first-order valence-electron chi connectivity index (χ1n) is 5.77. The van der Waals surface area contributed by atoms with Crippen molar-refractivity contribution in [1.29, 1.82) is 0 Å². The Balaban J connectivity index is 2.17. The highest BCUT2D eigenvalue weighted by atomic mass is 16.5. The zero-order chi connectivity index (χ0) is 13.3. The van der Waals surface area contributed by atoms with Crippen LogP contribution >= 0.6 is 0 Å². The van der Waals surface area contributed by atoms with Gasteiger partial charge in [-0.2, -0.15) is 0 Å². The highest BCUT2D eigenvalue weighted by molar-refractivity contribution is 5.88. The number of carboxylic acids is 1. The zero-order valence-electron chi connectivity index (χ0n) is 10.3. The third-order valence-corrected chi connectivity index (χ3v) is 3.14. The molecule has 1 amide bonds. The van der Waals surface area contributed by atoms with Gasteiger partial charge in [-0.05, 0) is 18.2 Å². The standard InChI is InChI=1S/C13H15NO4/c1-7-10-5-9(13(16)17)3-4-11(10)18-12(7)6-14-8(2)15/h3-5,7,12H,6H2,1-2H3,(H,14,15)(H,16,17)/t7-,12-/m0/s1. The van der Waals surface area contributed by atoms with Crippen LogP contribution in [0.4, 0.5) is 0 Å². The Morgan fingerprint density at radius 2 is 2.17 bits per heavy atom. The molecule has 18 heavy (non-hydrogen) atoms. The first-order chi connectivity index (χ1) is 8.49. The minimum atomic E-state index is -0.949. The summed E-state index contributed by atoms with van der Waals surface area (Å²) in [7, 11) is 0. The zero-order valence-corrected chi connectivity index (χ0v) is 10.3. The number of carbonyl (C=O) groups excluding carboxylic acids is 1. The van der Waals surface area contributed by atoms with Crippen molar-refractivity contribution in [3.8, 4) is 5.75 Å². The van der Waals surface area contributed by atoms with Crippen molar-refractivity contribution in [2.24, 2.45) is 0 Å². The van der Waals surface area contributed by atoms with Crippen molar-refractivity contribution in [3.63, 3.8) is 0 Å². The monoisotopic (exact) mass is 249 g/mol. The molecule has 2 N–H and O–H groups in total. The molecule has 0 bridgehead atoms. The molecule has 1 aliphatic heterocycles. The van der Waals surface area contributed by atoms with Gasteiger partial charge in [-0.1, -0.05) is 6.92 Å². The summed E-state index contributed by atoms with van der Waals surface area (Å²) in [6.45, 7) is 3.84. The molecule has 0 saturated carbocycles. The summed E-state index contributed by atoms with van der Waals surface area (Å²) >= 11 is 0. The maximum atomic E-state index is 10.9. The van der Waals surface area contributed by atoms with Crippen molar-refractivity contribution in [1.82, 2.24) is 5.32 Å². The molecule has 5 heteroatoms. The minimum absolute atomic E-state index is 0.0612. The molecule has 1 aromatic rings. The second-order valence-electron chi connectivity index (χ2n) is 4.44. The molecular formula is C13H15NO4. The predicted molar refractivity (Wildman–Crippen MR) is 64.9 cm³/mol. The van der Waals surface area contributed by atoms with Crippen LogP contribution in [0, 0.1) is 0 Å². The molecule has 5 nitrogen and oxygen atoms in total. The first-order valence-corrected chi connectivity index (χ1v) is 5.77. The lowest BCUT2D eigenvalue weighted by molar-refractivity contribution is -0.119. The Bertz CT molecular complexity index is 498. The molecule has 0 unspecified atom stereocenters. The number of hydrogen-bond donors (Lipinski definition) is 2. The van der Waals surface area contributed by atoms with E-state index in [4.69, 9.17) is 9.84 Å². The Labute approximate surface area is 105 Å². The van der Waals surface area contributed by atoms with E-state index in [1.165, 1.54) is 13.0 Å². The van der Waals surface area contributed by atoms with Crippen LogP contribution in [0.5, 0.6) is 5.75 Å². The number of aromatic carboxylic acids is 1. The van der Waals surface area contributed by atoms with E-state index < -0.39 is 5.97 Å². The number of amides is 1. The smallest absolute Gasteiger partial charge is 0.335 e. The van der Waals surface area contributed by atoms with Crippen molar-refractivity contribution < 1.29 is 19.4 Å². The molecule has 0 fully saturated rings. The molecule has 2 rings (SSSR count). The lowest BCUT2D eigenvalue weighted by Crippen LogP contribution is -2.34. The molecule has 0 radical (unpaired) electrons. The summed E-state index contributed by atoms with van der Waals surface area (Å²) in [6, 6.07) is 4.83. The van der Waals surface area contributed by atoms with Gasteiger partial charge in [0.1, 0.15) is 11.9 Å². The van der Waals surface area contributed by atoms with Crippen molar-refractivity contribution in [2.45, 2.75) is 25.9 Å². The summed E-state index contributed by atoms with van der Waals surface area (Å²) in [5.74, 6) is -0.294. The van der Waals surface area contributed by atoms with Crippen molar-refractivity contribution >= 4 is 11.9 Å². The van der Waals surface area contributed by atoms with Crippen LogP contribution in [0.25, 0.3) is 0 Å². The molecule has 0 saturated heterocycles. The van der Waals surface area contributed by atoms with Crippen LogP contribution < -0.4 is 10.1 Å². The lowest BCUT2D eigenvalue weighted by atomic mass is 9.96. The van der Waals surface area contributed by atoms with E-state index in [-0.39, 0.29) is 23.5 Å². The van der Waals surface area contributed by atoms with Crippen LogP contribution in [0.15, 0.2) is 18.2 Å². The largest absolute Gasteiger partial charge is 0.488 e. The fourth-order valence-electron chi connectivity index (χ4n) is 2.07. The third-order valence-electron chi connectivity index (χ3n) is 3.14. The number of rotatable bonds is 3. The van der Waals surface area contributed by atoms with Crippen LogP contribution in [-0.2, 0) is 4.79 Å². The van der Waals surface area contributed by atoms with Crippen LogP contribution in [0.2, 0.25) is 0 Å². The van der Waals surface area contributed by atoms with Crippen molar-refractivity contribution in [2.75, 3.05) is 6.54 Å². The van der Waals surface area contributed by atoms with Crippen LogP contribution in [0.1, 0.15) is 35.7 Å². The van der Waals surface area contributed by atoms with Gasteiger partial charge in [-0.15, -0.1) is 0 Å². The third kappa shape index (κ3) is 2.30. The van der Waals surface area contributed by atoms with Crippen LogP contribution in [-0.4, -0.2) is 29.6 Å². The summed E-state index contributed by atoms with van der Waals surface area (Å²) in [4.78, 5) is 21.8. The van der Waals surface area contributed by atoms with Gasteiger partial charge in [0, 0.05) is 18.4 Å². The maximum Gasteiger partial charge on any atom is 0.335 e. The summed E-state index contributed by atoms with van der Waals surface area (Å²) in [5.41, 5.74) is 1.13. The molecular weight excluding hydrogens is 234 g/mol. The summed E-state index contributed by atoms with van der Waals surface area (Å²) in [5, 5.41) is 11.7. The molecule has 2 atom stereocenters. The first kappa shape index (κ1) is 12.4.